The summed E-state index contributed by atoms with van der Waals surface area (Å²) in [6.45, 7) is 5.84. The molecule has 1 amide bonds. The number of carbonyl (C=O) groups excluding carboxylic acids is 1. The summed E-state index contributed by atoms with van der Waals surface area (Å²) < 4.78 is 16.4. The molecule has 3 rings (SSSR count). The minimum atomic E-state index is -0.773. The average Bonchev–Trinajstić information content (AvgIpc) is 3.04. The lowest BCUT2D eigenvalue weighted by Crippen LogP contribution is -2.38. The van der Waals surface area contributed by atoms with Crippen LogP contribution >= 0.6 is 0 Å². The Bertz CT molecular complexity index is 1080. The second kappa shape index (κ2) is 8.66. The summed E-state index contributed by atoms with van der Waals surface area (Å²) in [5, 5.41) is 11.6. The molecular formula is C21H28FN7O. The van der Waals surface area contributed by atoms with Gasteiger partial charge in [-0.05, 0) is 44.0 Å². The lowest BCUT2D eigenvalue weighted by Gasteiger charge is -2.21. The standard InChI is InChI=1S/C21H28FN7O/c1-5-16(23)11(3)25-21-15(22)10-14(19(24)30)20(27-21)26-12-7-8-18-13(9-12)17(6-2)28-29(18)4/h7-11,16H,5-6,23H2,1-4H3,(H2,24,30)(H2,25,26,27)/t11-,16+/m1/s1. The predicted octanol–water partition coefficient (Wildman–Crippen LogP) is 3.05. The van der Waals surface area contributed by atoms with E-state index in [0.717, 1.165) is 35.5 Å². The Morgan fingerprint density at radius 3 is 2.63 bits per heavy atom. The Labute approximate surface area is 174 Å². The number of aromatic nitrogens is 3. The Morgan fingerprint density at radius 2 is 2.00 bits per heavy atom. The molecule has 2 atom stereocenters. The molecule has 0 saturated carbocycles. The van der Waals surface area contributed by atoms with E-state index < -0.39 is 11.7 Å². The van der Waals surface area contributed by atoms with Gasteiger partial charge in [-0.2, -0.15) is 5.10 Å². The van der Waals surface area contributed by atoms with Crippen molar-refractivity contribution in [3.8, 4) is 0 Å². The van der Waals surface area contributed by atoms with Crippen molar-refractivity contribution in [2.75, 3.05) is 10.6 Å². The molecule has 1 aromatic carbocycles. The number of carbonyl (C=O) groups is 1. The van der Waals surface area contributed by atoms with Gasteiger partial charge in [0.1, 0.15) is 5.82 Å². The van der Waals surface area contributed by atoms with E-state index in [1.807, 2.05) is 50.7 Å². The van der Waals surface area contributed by atoms with Crippen LogP contribution in [0.5, 0.6) is 0 Å². The maximum Gasteiger partial charge on any atom is 0.252 e. The molecule has 30 heavy (non-hydrogen) atoms. The summed E-state index contributed by atoms with van der Waals surface area (Å²) in [5.41, 5.74) is 14.1. The summed E-state index contributed by atoms with van der Waals surface area (Å²) >= 11 is 0. The maximum absolute atomic E-state index is 14.6. The van der Waals surface area contributed by atoms with E-state index in [-0.39, 0.29) is 29.3 Å². The van der Waals surface area contributed by atoms with Crippen LogP contribution in [-0.2, 0) is 13.5 Å². The van der Waals surface area contributed by atoms with E-state index in [1.165, 1.54) is 0 Å². The van der Waals surface area contributed by atoms with Gasteiger partial charge < -0.3 is 22.1 Å². The lowest BCUT2D eigenvalue weighted by molar-refractivity contribution is 0.100. The highest BCUT2D eigenvalue weighted by molar-refractivity contribution is 5.99. The van der Waals surface area contributed by atoms with Crippen LogP contribution in [0.3, 0.4) is 0 Å². The summed E-state index contributed by atoms with van der Waals surface area (Å²) in [5.74, 6) is -1.26. The molecule has 3 aromatic rings. The van der Waals surface area contributed by atoms with Crippen molar-refractivity contribution in [2.24, 2.45) is 18.5 Å². The monoisotopic (exact) mass is 413 g/mol. The Balaban J connectivity index is 2.00. The fraction of sp³-hybridized carbons (Fsp3) is 0.381. The summed E-state index contributed by atoms with van der Waals surface area (Å²) in [6, 6.07) is 6.42. The third-order valence-electron chi connectivity index (χ3n) is 5.24. The molecule has 2 aromatic heterocycles. The van der Waals surface area contributed by atoms with Gasteiger partial charge in [0.2, 0.25) is 0 Å². The van der Waals surface area contributed by atoms with Crippen LogP contribution in [0.2, 0.25) is 0 Å². The molecular weight excluding hydrogens is 385 g/mol. The first-order valence-corrected chi connectivity index (χ1v) is 10.00. The molecule has 0 aliphatic heterocycles. The molecule has 0 spiro atoms. The van der Waals surface area contributed by atoms with E-state index in [9.17, 15) is 9.18 Å². The smallest absolute Gasteiger partial charge is 0.252 e. The molecule has 8 nitrogen and oxygen atoms in total. The molecule has 0 unspecified atom stereocenters. The number of nitrogens with one attached hydrogen (secondary N) is 2. The van der Waals surface area contributed by atoms with Crippen molar-refractivity contribution < 1.29 is 9.18 Å². The van der Waals surface area contributed by atoms with Gasteiger partial charge >= 0.3 is 0 Å². The third kappa shape index (κ3) is 4.20. The molecule has 0 radical (unpaired) electrons. The van der Waals surface area contributed by atoms with Gasteiger partial charge in [-0.15, -0.1) is 0 Å². The minimum absolute atomic E-state index is 0.00982. The second-order valence-corrected chi connectivity index (χ2v) is 7.37. The largest absolute Gasteiger partial charge is 0.365 e. The van der Waals surface area contributed by atoms with E-state index in [1.54, 1.807) is 0 Å². The number of primary amides is 1. The minimum Gasteiger partial charge on any atom is -0.365 e. The zero-order valence-corrected chi connectivity index (χ0v) is 17.7. The number of hydrogen-bond acceptors (Lipinski definition) is 6. The number of nitrogens with zero attached hydrogens (tertiary/aromatic N) is 3. The molecule has 0 aliphatic rings. The summed E-state index contributed by atoms with van der Waals surface area (Å²) in [4.78, 5) is 16.2. The zero-order chi connectivity index (χ0) is 22.0. The van der Waals surface area contributed by atoms with Crippen molar-refractivity contribution >= 4 is 34.1 Å². The molecule has 0 saturated heterocycles. The number of aryl methyl sites for hydroxylation is 2. The van der Waals surface area contributed by atoms with Crippen LogP contribution in [0.1, 0.15) is 43.2 Å². The van der Waals surface area contributed by atoms with E-state index in [4.69, 9.17) is 11.5 Å². The molecule has 160 valence electrons. The van der Waals surface area contributed by atoms with Gasteiger partial charge in [-0.1, -0.05) is 13.8 Å². The van der Waals surface area contributed by atoms with Crippen LogP contribution in [0.4, 0.5) is 21.7 Å². The van der Waals surface area contributed by atoms with Crippen LogP contribution < -0.4 is 22.1 Å². The molecule has 0 bridgehead atoms. The highest BCUT2D eigenvalue weighted by Crippen LogP contribution is 2.28. The Morgan fingerprint density at radius 1 is 1.27 bits per heavy atom. The first kappa shape index (κ1) is 21.5. The zero-order valence-electron chi connectivity index (χ0n) is 17.7. The maximum atomic E-state index is 14.6. The van der Waals surface area contributed by atoms with Gasteiger partial charge in [0.15, 0.2) is 11.6 Å². The quantitative estimate of drug-likeness (QED) is 0.450. The highest BCUT2D eigenvalue weighted by Gasteiger charge is 2.19. The fourth-order valence-corrected chi connectivity index (χ4v) is 3.36. The van der Waals surface area contributed by atoms with Crippen molar-refractivity contribution in [1.82, 2.24) is 14.8 Å². The van der Waals surface area contributed by atoms with Crippen LogP contribution in [-0.4, -0.2) is 32.8 Å². The van der Waals surface area contributed by atoms with Crippen molar-refractivity contribution in [3.05, 3.63) is 41.3 Å². The average molecular weight is 414 g/mol. The topological polar surface area (TPSA) is 124 Å². The number of amides is 1. The number of hydrogen-bond donors (Lipinski definition) is 4. The number of rotatable bonds is 8. The Kier molecular flexibility index (Phi) is 6.21. The molecule has 2 heterocycles. The number of fused-ring (bicyclic) bond motifs is 1. The fourth-order valence-electron chi connectivity index (χ4n) is 3.36. The third-order valence-corrected chi connectivity index (χ3v) is 5.24. The van der Waals surface area contributed by atoms with Crippen LogP contribution in [0, 0.1) is 5.82 Å². The Hall–Kier alpha value is -3.20. The summed E-state index contributed by atoms with van der Waals surface area (Å²) in [6.07, 6.45) is 1.51. The van der Waals surface area contributed by atoms with Gasteiger partial charge in [0, 0.05) is 30.2 Å². The van der Waals surface area contributed by atoms with Gasteiger partial charge in [-0.3, -0.25) is 9.48 Å². The first-order valence-electron chi connectivity index (χ1n) is 10.00. The second-order valence-electron chi connectivity index (χ2n) is 7.37. The van der Waals surface area contributed by atoms with E-state index >= 15 is 0 Å². The number of nitrogens with two attached hydrogens (primary N) is 2. The van der Waals surface area contributed by atoms with Gasteiger partial charge in [0.05, 0.1) is 16.8 Å². The van der Waals surface area contributed by atoms with E-state index in [2.05, 4.69) is 20.7 Å². The summed E-state index contributed by atoms with van der Waals surface area (Å²) in [7, 11) is 1.89. The lowest BCUT2D eigenvalue weighted by atomic mass is 10.1. The number of benzene rings is 1. The van der Waals surface area contributed by atoms with Crippen LogP contribution in [0.15, 0.2) is 24.3 Å². The SMILES string of the molecule is CCc1nn(C)c2ccc(Nc3nc(N[C@H](C)[C@@H](N)CC)c(F)cc3C(N)=O)cc12. The van der Waals surface area contributed by atoms with Crippen molar-refractivity contribution in [2.45, 2.75) is 45.7 Å². The molecule has 0 fully saturated rings. The van der Waals surface area contributed by atoms with Gasteiger partial charge in [-0.25, -0.2) is 9.37 Å². The molecule has 9 heteroatoms. The van der Waals surface area contributed by atoms with Gasteiger partial charge in [0.25, 0.3) is 5.91 Å². The predicted molar refractivity (Wildman–Crippen MR) is 117 cm³/mol. The number of anilines is 3. The molecule has 0 aliphatic carbocycles. The number of halogens is 1. The van der Waals surface area contributed by atoms with E-state index in [0.29, 0.717) is 5.69 Å². The van der Waals surface area contributed by atoms with Crippen molar-refractivity contribution in [3.63, 3.8) is 0 Å². The highest BCUT2D eigenvalue weighted by atomic mass is 19.1. The number of pyridine rings is 1. The van der Waals surface area contributed by atoms with Crippen molar-refractivity contribution in [1.29, 1.82) is 0 Å². The first-order chi connectivity index (χ1) is 14.2. The van der Waals surface area contributed by atoms with Crippen LogP contribution in [0.25, 0.3) is 10.9 Å². The molecule has 6 N–H and O–H groups in total. The normalized spacial score (nSPS) is 13.3.